The SMILES string of the molecule is Cc1ncc(NCC2CCOCC2)nc1-c1cc(NC(=O)C2CCCNC2)ncc1Cl. The Bertz CT molecular complexity index is 913. The summed E-state index contributed by atoms with van der Waals surface area (Å²) in [6.45, 7) is 6.01. The Balaban J connectivity index is 1.49. The minimum absolute atomic E-state index is 0.0253. The third-order valence-electron chi connectivity index (χ3n) is 5.90. The molecule has 2 aromatic rings. The highest BCUT2D eigenvalue weighted by Gasteiger charge is 2.22. The summed E-state index contributed by atoms with van der Waals surface area (Å²) in [6.07, 6.45) is 7.27. The standard InChI is InChI=1S/C22H29ClN6O2/c1-14-21(28-20(13-25-14)26-10-15-4-7-31-8-5-15)17-9-19(27-12-18(17)23)29-22(30)16-3-2-6-24-11-16/h9,12-13,15-16,24H,2-8,10-11H2,1H3,(H,26,28)(H,27,29,30). The van der Waals surface area contributed by atoms with E-state index in [9.17, 15) is 4.79 Å². The second kappa shape index (κ2) is 10.3. The lowest BCUT2D eigenvalue weighted by Gasteiger charge is -2.22. The fourth-order valence-electron chi connectivity index (χ4n) is 3.98. The van der Waals surface area contributed by atoms with E-state index >= 15 is 0 Å². The van der Waals surface area contributed by atoms with Gasteiger partial charge in [-0.25, -0.2) is 9.97 Å². The van der Waals surface area contributed by atoms with E-state index in [4.69, 9.17) is 21.3 Å². The van der Waals surface area contributed by atoms with Crippen molar-refractivity contribution in [2.45, 2.75) is 32.6 Å². The average Bonchev–Trinajstić information content (AvgIpc) is 2.81. The smallest absolute Gasteiger partial charge is 0.229 e. The number of carbonyl (C=O) groups excluding carboxylic acids is 1. The van der Waals surface area contributed by atoms with Crippen LogP contribution in [0.3, 0.4) is 0 Å². The van der Waals surface area contributed by atoms with Crippen molar-refractivity contribution in [3.63, 3.8) is 0 Å². The first-order chi connectivity index (χ1) is 15.1. The van der Waals surface area contributed by atoms with E-state index < -0.39 is 0 Å². The van der Waals surface area contributed by atoms with E-state index in [1.54, 1.807) is 18.5 Å². The van der Waals surface area contributed by atoms with Crippen LogP contribution in [-0.4, -0.2) is 53.7 Å². The van der Waals surface area contributed by atoms with Crippen LogP contribution < -0.4 is 16.0 Å². The zero-order valence-electron chi connectivity index (χ0n) is 17.8. The van der Waals surface area contributed by atoms with Crippen LogP contribution in [0, 0.1) is 18.8 Å². The van der Waals surface area contributed by atoms with Crippen LogP contribution in [0.15, 0.2) is 18.5 Å². The molecule has 2 saturated heterocycles. The number of halogens is 1. The van der Waals surface area contributed by atoms with Gasteiger partial charge in [0.1, 0.15) is 11.6 Å². The van der Waals surface area contributed by atoms with Gasteiger partial charge in [-0.3, -0.25) is 9.78 Å². The summed E-state index contributed by atoms with van der Waals surface area (Å²) in [5, 5.41) is 10.1. The highest BCUT2D eigenvalue weighted by atomic mass is 35.5. The molecule has 3 N–H and O–H groups in total. The highest BCUT2D eigenvalue weighted by molar-refractivity contribution is 6.33. The van der Waals surface area contributed by atoms with Crippen LogP contribution >= 0.6 is 11.6 Å². The van der Waals surface area contributed by atoms with E-state index in [-0.39, 0.29) is 11.8 Å². The van der Waals surface area contributed by atoms with Crippen molar-refractivity contribution in [2.24, 2.45) is 11.8 Å². The van der Waals surface area contributed by atoms with Crippen molar-refractivity contribution < 1.29 is 9.53 Å². The predicted molar refractivity (Wildman–Crippen MR) is 121 cm³/mol. The van der Waals surface area contributed by atoms with Gasteiger partial charge in [-0.2, -0.15) is 0 Å². The fraction of sp³-hybridized carbons (Fsp3) is 0.545. The molecular formula is C22H29ClN6O2. The van der Waals surface area contributed by atoms with Gasteiger partial charge in [-0.1, -0.05) is 11.6 Å². The maximum absolute atomic E-state index is 12.6. The number of amides is 1. The molecule has 166 valence electrons. The third kappa shape index (κ3) is 5.70. The van der Waals surface area contributed by atoms with E-state index in [0.29, 0.717) is 40.4 Å². The topological polar surface area (TPSA) is 101 Å². The molecule has 2 aromatic heterocycles. The minimum Gasteiger partial charge on any atom is -0.381 e. The highest BCUT2D eigenvalue weighted by Crippen LogP contribution is 2.30. The number of piperidine rings is 1. The van der Waals surface area contributed by atoms with Gasteiger partial charge in [-0.15, -0.1) is 0 Å². The van der Waals surface area contributed by atoms with Crippen LogP contribution in [0.1, 0.15) is 31.4 Å². The van der Waals surface area contributed by atoms with Gasteiger partial charge in [0.2, 0.25) is 5.91 Å². The van der Waals surface area contributed by atoms with Crippen LogP contribution in [0.5, 0.6) is 0 Å². The molecule has 1 atom stereocenters. The molecule has 2 aliphatic rings. The number of hydrogen-bond acceptors (Lipinski definition) is 7. The molecule has 4 rings (SSSR count). The number of pyridine rings is 1. The predicted octanol–water partition coefficient (Wildman–Crippen LogP) is 3.28. The van der Waals surface area contributed by atoms with Gasteiger partial charge in [0.05, 0.1) is 28.5 Å². The number of hydrogen-bond donors (Lipinski definition) is 3. The van der Waals surface area contributed by atoms with Crippen molar-refractivity contribution in [3.05, 3.63) is 29.2 Å². The number of nitrogens with one attached hydrogen (secondary N) is 3. The lowest BCUT2D eigenvalue weighted by atomic mass is 9.99. The average molecular weight is 445 g/mol. The van der Waals surface area contributed by atoms with Crippen LogP contribution in [0.2, 0.25) is 5.02 Å². The Hall–Kier alpha value is -2.29. The van der Waals surface area contributed by atoms with Crippen molar-refractivity contribution in [2.75, 3.05) is 43.5 Å². The van der Waals surface area contributed by atoms with Crippen molar-refractivity contribution in [1.82, 2.24) is 20.3 Å². The molecule has 4 heterocycles. The van der Waals surface area contributed by atoms with Gasteiger partial charge in [0.15, 0.2) is 0 Å². The van der Waals surface area contributed by atoms with Crippen LogP contribution in [0.4, 0.5) is 11.6 Å². The molecule has 0 radical (unpaired) electrons. The number of ether oxygens (including phenoxy) is 1. The van der Waals surface area contributed by atoms with Crippen molar-refractivity contribution >= 4 is 29.1 Å². The molecule has 0 aromatic carbocycles. The second-order valence-electron chi connectivity index (χ2n) is 8.21. The lowest BCUT2D eigenvalue weighted by molar-refractivity contribution is -0.120. The molecule has 0 aliphatic carbocycles. The summed E-state index contributed by atoms with van der Waals surface area (Å²) in [6, 6.07) is 1.77. The molecule has 31 heavy (non-hydrogen) atoms. The number of anilines is 2. The van der Waals surface area contributed by atoms with E-state index in [2.05, 4.69) is 25.9 Å². The molecule has 0 spiro atoms. The number of aromatic nitrogens is 3. The number of carbonyl (C=O) groups is 1. The molecule has 9 heteroatoms. The Labute approximate surface area is 187 Å². The first kappa shape index (κ1) is 21.9. The summed E-state index contributed by atoms with van der Waals surface area (Å²) in [7, 11) is 0. The van der Waals surface area contributed by atoms with E-state index in [1.165, 1.54) is 0 Å². The second-order valence-corrected chi connectivity index (χ2v) is 8.62. The van der Waals surface area contributed by atoms with E-state index in [0.717, 1.165) is 57.7 Å². The zero-order valence-corrected chi connectivity index (χ0v) is 18.5. The maximum Gasteiger partial charge on any atom is 0.229 e. The Morgan fingerprint density at radius 3 is 2.84 bits per heavy atom. The largest absolute Gasteiger partial charge is 0.381 e. The number of rotatable bonds is 6. The Kier molecular flexibility index (Phi) is 7.32. The molecular weight excluding hydrogens is 416 g/mol. The summed E-state index contributed by atoms with van der Waals surface area (Å²) in [5.74, 6) is 1.67. The normalized spacial score (nSPS) is 19.7. The van der Waals surface area contributed by atoms with Crippen LogP contribution in [-0.2, 0) is 9.53 Å². The monoisotopic (exact) mass is 444 g/mol. The van der Waals surface area contributed by atoms with Gasteiger partial charge in [0.25, 0.3) is 0 Å². The summed E-state index contributed by atoms with van der Waals surface area (Å²) in [4.78, 5) is 26.1. The maximum atomic E-state index is 12.6. The lowest BCUT2D eigenvalue weighted by Crippen LogP contribution is -2.37. The van der Waals surface area contributed by atoms with Gasteiger partial charge in [0, 0.05) is 38.1 Å². The van der Waals surface area contributed by atoms with Gasteiger partial charge < -0.3 is 20.7 Å². The summed E-state index contributed by atoms with van der Waals surface area (Å²) < 4.78 is 5.43. The molecule has 2 fully saturated rings. The summed E-state index contributed by atoms with van der Waals surface area (Å²) >= 11 is 6.45. The van der Waals surface area contributed by atoms with Gasteiger partial charge in [-0.05, 0) is 51.1 Å². The zero-order chi connectivity index (χ0) is 21.6. The van der Waals surface area contributed by atoms with Crippen molar-refractivity contribution in [3.8, 4) is 11.3 Å². The molecule has 0 bridgehead atoms. The van der Waals surface area contributed by atoms with Crippen LogP contribution in [0.25, 0.3) is 11.3 Å². The molecule has 2 aliphatic heterocycles. The van der Waals surface area contributed by atoms with Gasteiger partial charge >= 0.3 is 0 Å². The molecule has 0 saturated carbocycles. The molecule has 8 nitrogen and oxygen atoms in total. The van der Waals surface area contributed by atoms with Crippen molar-refractivity contribution in [1.29, 1.82) is 0 Å². The van der Waals surface area contributed by atoms with E-state index in [1.807, 2.05) is 6.92 Å². The summed E-state index contributed by atoms with van der Waals surface area (Å²) in [5.41, 5.74) is 2.14. The third-order valence-corrected chi connectivity index (χ3v) is 6.20. The number of nitrogens with zero attached hydrogens (tertiary/aromatic N) is 3. The molecule has 1 unspecified atom stereocenters. The quantitative estimate of drug-likeness (QED) is 0.628. The molecule has 1 amide bonds. The fourth-order valence-corrected chi connectivity index (χ4v) is 4.17. The first-order valence-corrected chi connectivity index (χ1v) is 11.3. The number of aryl methyl sites for hydroxylation is 1. The Morgan fingerprint density at radius 2 is 2.06 bits per heavy atom. The Morgan fingerprint density at radius 1 is 1.23 bits per heavy atom. The minimum atomic E-state index is -0.0473. The first-order valence-electron chi connectivity index (χ1n) is 10.9.